The minimum Gasteiger partial charge on any atom is -0.493 e. The number of hydrogen-bond donors (Lipinski definition) is 3. The molecule has 2 aliphatic heterocycles. The Morgan fingerprint density at radius 2 is 2.15 bits per heavy atom. The monoisotopic (exact) mass is 379 g/mol. The van der Waals surface area contributed by atoms with Crippen LogP contribution in [0.4, 0.5) is 5.69 Å². The number of nitrogens with zero attached hydrogens (tertiary/aromatic N) is 2. The van der Waals surface area contributed by atoms with Crippen molar-refractivity contribution in [2.24, 2.45) is 0 Å². The van der Waals surface area contributed by atoms with Crippen molar-refractivity contribution in [1.29, 1.82) is 0 Å². The van der Waals surface area contributed by atoms with Crippen molar-refractivity contribution in [3.8, 4) is 11.5 Å². The number of likely N-dealkylation sites (N-methyl/N-ethyl adjacent to an activating group) is 1. The molecule has 2 aliphatic rings. The van der Waals surface area contributed by atoms with E-state index in [1.807, 2.05) is 25.2 Å². The summed E-state index contributed by atoms with van der Waals surface area (Å²) in [4.78, 5) is 4.51. The van der Waals surface area contributed by atoms with Gasteiger partial charge >= 0.3 is 0 Å². The maximum atomic E-state index is 6.05. The van der Waals surface area contributed by atoms with Gasteiger partial charge in [0.25, 0.3) is 0 Å². The second-order valence-electron chi connectivity index (χ2n) is 7.19. The first-order valence-electron chi connectivity index (χ1n) is 9.61. The lowest BCUT2D eigenvalue weighted by molar-refractivity contribution is -0.0406. The molecule has 2 saturated heterocycles. The maximum absolute atomic E-state index is 6.05. The lowest BCUT2D eigenvalue weighted by atomic mass is 10.2. The van der Waals surface area contributed by atoms with E-state index in [1.54, 1.807) is 7.11 Å². The molecule has 8 nitrogen and oxygen atoms in total. The zero-order chi connectivity index (χ0) is 19.2. The Hall–Kier alpha value is -1.58. The van der Waals surface area contributed by atoms with Gasteiger partial charge in [0.05, 0.1) is 19.9 Å². The summed E-state index contributed by atoms with van der Waals surface area (Å²) in [5, 5.41) is 10.4. The molecule has 0 aliphatic carbocycles. The number of morpholine rings is 1. The van der Waals surface area contributed by atoms with Gasteiger partial charge in [-0.2, -0.15) is 0 Å². The van der Waals surface area contributed by atoms with Gasteiger partial charge in [-0.3, -0.25) is 10.2 Å². The van der Waals surface area contributed by atoms with Crippen molar-refractivity contribution in [3.63, 3.8) is 0 Å². The summed E-state index contributed by atoms with van der Waals surface area (Å²) < 4.78 is 17.3. The number of rotatable bonds is 7. The molecule has 0 aromatic heterocycles. The van der Waals surface area contributed by atoms with Gasteiger partial charge in [0.1, 0.15) is 19.0 Å². The third kappa shape index (κ3) is 5.24. The average molecular weight is 380 g/mol. The average Bonchev–Trinajstić information content (AvgIpc) is 2.68. The number of methoxy groups -OCH3 is 1. The Balaban J connectivity index is 1.64. The van der Waals surface area contributed by atoms with E-state index in [-0.39, 0.29) is 12.4 Å². The predicted molar refractivity (Wildman–Crippen MR) is 106 cm³/mol. The van der Waals surface area contributed by atoms with Crippen molar-refractivity contribution in [2.75, 3.05) is 66.4 Å². The summed E-state index contributed by atoms with van der Waals surface area (Å²) in [6, 6.07) is 5.93. The standard InChI is InChI=1S/C19H33N5O3/c1-20-18-7-8-21-19(24(18)3)22-14-5-6-16(25-4)17(11-14)27-13-15-12-23(2)9-10-26-15/h5-6,11,15,18-22H,7-10,12-13H2,1-4H3/t15-,18?,19?/m1/s1. The third-order valence-corrected chi connectivity index (χ3v) is 5.22. The number of ether oxygens (including phenoxy) is 3. The number of nitrogens with one attached hydrogen (secondary N) is 3. The van der Waals surface area contributed by atoms with Crippen molar-refractivity contribution in [3.05, 3.63) is 18.2 Å². The molecule has 0 spiro atoms. The molecule has 0 amide bonds. The van der Waals surface area contributed by atoms with Crippen molar-refractivity contribution in [1.82, 2.24) is 20.4 Å². The minimum absolute atomic E-state index is 0.0489. The van der Waals surface area contributed by atoms with Gasteiger partial charge in [-0.25, -0.2) is 0 Å². The first-order chi connectivity index (χ1) is 13.1. The van der Waals surface area contributed by atoms with Crippen molar-refractivity contribution < 1.29 is 14.2 Å². The van der Waals surface area contributed by atoms with Gasteiger partial charge in [0.2, 0.25) is 0 Å². The van der Waals surface area contributed by atoms with Crippen LogP contribution in [-0.4, -0.2) is 89.5 Å². The first kappa shape index (κ1) is 20.2. The highest BCUT2D eigenvalue weighted by Gasteiger charge is 2.26. The van der Waals surface area contributed by atoms with Crippen LogP contribution in [0.5, 0.6) is 11.5 Å². The van der Waals surface area contributed by atoms with Crippen LogP contribution in [0.25, 0.3) is 0 Å². The van der Waals surface area contributed by atoms with Crippen molar-refractivity contribution >= 4 is 5.69 Å². The molecule has 0 radical (unpaired) electrons. The zero-order valence-electron chi connectivity index (χ0n) is 16.8. The first-order valence-corrected chi connectivity index (χ1v) is 9.61. The SMILES string of the molecule is CNC1CCNC(Nc2ccc(OC)c(OC[C@H]3CN(C)CCO3)c2)N1C. The largest absolute Gasteiger partial charge is 0.493 e. The normalized spacial score (nSPS) is 27.3. The molecule has 152 valence electrons. The Morgan fingerprint density at radius 1 is 1.30 bits per heavy atom. The number of benzene rings is 1. The Bertz CT molecular complexity index is 603. The second kappa shape index (κ2) is 9.57. The highest BCUT2D eigenvalue weighted by Crippen LogP contribution is 2.31. The van der Waals surface area contributed by atoms with Gasteiger partial charge < -0.3 is 29.7 Å². The smallest absolute Gasteiger partial charge is 0.163 e. The van der Waals surface area contributed by atoms with E-state index in [4.69, 9.17) is 14.2 Å². The minimum atomic E-state index is 0.0489. The fourth-order valence-electron chi connectivity index (χ4n) is 3.57. The molecule has 2 fully saturated rings. The van der Waals surface area contributed by atoms with E-state index >= 15 is 0 Å². The van der Waals surface area contributed by atoms with E-state index in [9.17, 15) is 0 Å². The van der Waals surface area contributed by atoms with Crippen LogP contribution in [0.1, 0.15) is 6.42 Å². The van der Waals surface area contributed by atoms with Gasteiger partial charge in [0.15, 0.2) is 11.5 Å². The van der Waals surface area contributed by atoms with Crippen LogP contribution in [0.15, 0.2) is 18.2 Å². The van der Waals surface area contributed by atoms with E-state index in [1.165, 1.54) is 0 Å². The highest BCUT2D eigenvalue weighted by atomic mass is 16.5. The van der Waals surface area contributed by atoms with Crippen molar-refractivity contribution in [2.45, 2.75) is 25.0 Å². The molecule has 8 heteroatoms. The maximum Gasteiger partial charge on any atom is 0.163 e. The fourth-order valence-corrected chi connectivity index (χ4v) is 3.57. The van der Waals surface area contributed by atoms with E-state index in [0.29, 0.717) is 12.8 Å². The predicted octanol–water partition coefficient (Wildman–Crippen LogP) is 0.571. The molecular formula is C19H33N5O3. The Kier molecular flexibility index (Phi) is 7.14. The molecule has 1 aromatic rings. The summed E-state index contributed by atoms with van der Waals surface area (Å²) in [6.45, 7) is 4.06. The fraction of sp³-hybridized carbons (Fsp3) is 0.684. The van der Waals surface area contributed by atoms with Gasteiger partial charge in [-0.15, -0.1) is 0 Å². The quantitative estimate of drug-likeness (QED) is 0.635. The topological polar surface area (TPSA) is 70.3 Å². The van der Waals surface area contributed by atoms with Gasteiger partial charge in [-0.1, -0.05) is 0 Å². The summed E-state index contributed by atoms with van der Waals surface area (Å²) in [5.41, 5.74) is 0.980. The van der Waals surface area contributed by atoms with Crippen LogP contribution in [0, 0.1) is 0 Å². The Morgan fingerprint density at radius 3 is 2.89 bits per heavy atom. The molecule has 0 saturated carbocycles. The summed E-state index contributed by atoms with van der Waals surface area (Å²) in [7, 11) is 7.86. The number of hydrogen-bond acceptors (Lipinski definition) is 8. The lowest BCUT2D eigenvalue weighted by Gasteiger charge is -2.40. The second-order valence-corrected chi connectivity index (χ2v) is 7.19. The molecule has 27 heavy (non-hydrogen) atoms. The van der Waals surface area contributed by atoms with Gasteiger partial charge in [0, 0.05) is 31.4 Å². The molecule has 0 bridgehead atoms. The van der Waals surface area contributed by atoms with Crippen LogP contribution in [0.2, 0.25) is 0 Å². The highest BCUT2D eigenvalue weighted by molar-refractivity contribution is 5.55. The summed E-state index contributed by atoms with van der Waals surface area (Å²) in [6.07, 6.45) is 1.54. The summed E-state index contributed by atoms with van der Waals surface area (Å²) in [5.74, 6) is 1.45. The zero-order valence-corrected chi connectivity index (χ0v) is 16.8. The lowest BCUT2D eigenvalue weighted by Crippen LogP contribution is -2.61. The molecular weight excluding hydrogens is 346 g/mol. The molecule has 1 aromatic carbocycles. The molecule has 3 rings (SSSR count). The van der Waals surface area contributed by atoms with Crippen LogP contribution >= 0.6 is 0 Å². The summed E-state index contributed by atoms with van der Waals surface area (Å²) >= 11 is 0. The number of anilines is 1. The molecule has 2 heterocycles. The van der Waals surface area contributed by atoms with E-state index < -0.39 is 0 Å². The van der Waals surface area contributed by atoms with E-state index in [0.717, 1.165) is 49.8 Å². The van der Waals surface area contributed by atoms with Crippen LogP contribution < -0.4 is 25.4 Å². The molecule has 3 N–H and O–H groups in total. The van der Waals surface area contributed by atoms with Gasteiger partial charge in [-0.05, 0) is 39.7 Å². The van der Waals surface area contributed by atoms with Crippen LogP contribution in [-0.2, 0) is 4.74 Å². The third-order valence-electron chi connectivity index (χ3n) is 5.22. The molecule has 3 atom stereocenters. The Labute approximate surface area is 162 Å². The van der Waals surface area contributed by atoms with Crippen LogP contribution in [0.3, 0.4) is 0 Å². The molecule has 2 unspecified atom stereocenters. The van der Waals surface area contributed by atoms with E-state index in [2.05, 4.69) is 39.8 Å².